The van der Waals surface area contributed by atoms with Crippen molar-refractivity contribution >= 4 is 15.9 Å². The zero-order valence-corrected chi connectivity index (χ0v) is 9.36. The fourth-order valence-electron chi connectivity index (χ4n) is 1.19. The largest absolute Gasteiger partial charge is 0.389 e. The first kappa shape index (κ1) is 12.5. The number of hydrogen-bond donors (Lipinski definition) is 2. The van der Waals surface area contributed by atoms with Gasteiger partial charge in [-0.1, -0.05) is 34.1 Å². The molecule has 0 spiro atoms. The van der Waals surface area contributed by atoms with Crippen molar-refractivity contribution in [2.24, 2.45) is 0 Å². The van der Waals surface area contributed by atoms with Crippen molar-refractivity contribution in [1.82, 2.24) is 0 Å². The minimum atomic E-state index is -2.57. The lowest BCUT2D eigenvalue weighted by Gasteiger charge is -2.16. The quantitative estimate of drug-likeness (QED) is 0.832. The van der Waals surface area contributed by atoms with Gasteiger partial charge in [-0.25, -0.2) is 8.78 Å². The second-order valence-electron chi connectivity index (χ2n) is 3.14. The maximum absolute atomic E-state index is 12.3. The van der Waals surface area contributed by atoms with E-state index in [1.54, 1.807) is 0 Å². The van der Waals surface area contributed by atoms with Crippen molar-refractivity contribution in [1.29, 1.82) is 0 Å². The third-order valence-electron chi connectivity index (χ3n) is 2.03. The van der Waals surface area contributed by atoms with Crippen molar-refractivity contribution in [3.8, 4) is 0 Å². The molecule has 0 radical (unpaired) electrons. The fourth-order valence-corrected chi connectivity index (χ4v) is 1.54. The van der Waals surface area contributed by atoms with E-state index in [2.05, 4.69) is 15.9 Å². The van der Waals surface area contributed by atoms with E-state index in [0.717, 1.165) is 0 Å². The van der Waals surface area contributed by atoms with Crippen LogP contribution in [0.4, 0.5) is 8.78 Å². The molecule has 0 fully saturated rings. The lowest BCUT2D eigenvalue weighted by molar-refractivity contribution is 0.0340. The first-order chi connectivity index (χ1) is 7.06. The van der Waals surface area contributed by atoms with E-state index in [0.29, 0.717) is 5.56 Å². The first-order valence-electron chi connectivity index (χ1n) is 4.36. The molecule has 1 aromatic carbocycles. The Bertz CT molecular complexity index is 320. The summed E-state index contributed by atoms with van der Waals surface area (Å²) in [5.41, 5.74) is 0.132. The standard InChI is InChI=1S/C10H11BrF2O2/c11-5-8(14)9(15)6-2-1-3-7(4-6)10(12)13/h1-4,8-10,14-15H,5H2. The van der Waals surface area contributed by atoms with Crippen LogP contribution in [0.15, 0.2) is 24.3 Å². The van der Waals surface area contributed by atoms with Crippen molar-refractivity contribution in [2.75, 3.05) is 5.33 Å². The molecule has 0 saturated heterocycles. The summed E-state index contributed by atoms with van der Waals surface area (Å²) in [5, 5.41) is 19.1. The molecular formula is C10H11BrF2O2. The predicted octanol–water partition coefficient (Wildman–Crippen LogP) is 2.41. The Morgan fingerprint density at radius 1 is 1.20 bits per heavy atom. The molecule has 0 bridgehead atoms. The van der Waals surface area contributed by atoms with Crippen LogP contribution >= 0.6 is 15.9 Å². The highest BCUT2D eigenvalue weighted by molar-refractivity contribution is 9.09. The molecule has 1 aromatic rings. The Hall–Kier alpha value is -0.520. The molecule has 0 aliphatic heterocycles. The Kier molecular flexibility index (Phi) is 4.63. The van der Waals surface area contributed by atoms with Crippen LogP contribution < -0.4 is 0 Å². The third kappa shape index (κ3) is 3.22. The summed E-state index contributed by atoms with van der Waals surface area (Å²) in [6.45, 7) is 0. The van der Waals surface area contributed by atoms with Crippen LogP contribution in [0.5, 0.6) is 0 Å². The van der Waals surface area contributed by atoms with Crippen LogP contribution in [0.3, 0.4) is 0 Å². The number of hydrogen-bond acceptors (Lipinski definition) is 2. The first-order valence-corrected chi connectivity index (χ1v) is 5.48. The van der Waals surface area contributed by atoms with E-state index in [4.69, 9.17) is 0 Å². The van der Waals surface area contributed by atoms with E-state index in [1.807, 2.05) is 0 Å². The van der Waals surface area contributed by atoms with Crippen molar-refractivity contribution in [3.05, 3.63) is 35.4 Å². The summed E-state index contributed by atoms with van der Waals surface area (Å²) in [7, 11) is 0. The van der Waals surface area contributed by atoms with Crippen LogP contribution in [-0.2, 0) is 0 Å². The summed E-state index contributed by atoms with van der Waals surface area (Å²) < 4.78 is 24.7. The molecule has 5 heteroatoms. The second-order valence-corrected chi connectivity index (χ2v) is 3.78. The van der Waals surface area contributed by atoms with Crippen molar-refractivity contribution < 1.29 is 19.0 Å². The fraction of sp³-hybridized carbons (Fsp3) is 0.400. The van der Waals surface area contributed by atoms with Gasteiger partial charge in [0.1, 0.15) is 6.10 Å². The van der Waals surface area contributed by atoms with E-state index >= 15 is 0 Å². The van der Waals surface area contributed by atoms with Crippen molar-refractivity contribution in [3.63, 3.8) is 0 Å². The summed E-state index contributed by atoms with van der Waals surface area (Å²) in [5.74, 6) is 0. The number of aliphatic hydroxyl groups excluding tert-OH is 2. The maximum Gasteiger partial charge on any atom is 0.263 e. The van der Waals surface area contributed by atoms with Gasteiger partial charge in [0, 0.05) is 10.9 Å². The van der Waals surface area contributed by atoms with Gasteiger partial charge in [0.25, 0.3) is 6.43 Å². The number of benzene rings is 1. The molecule has 2 atom stereocenters. The van der Waals surface area contributed by atoms with Crippen molar-refractivity contribution in [2.45, 2.75) is 18.6 Å². The number of aliphatic hydroxyl groups is 2. The van der Waals surface area contributed by atoms with Gasteiger partial charge in [0.15, 0.2) is 0 Å². The Morgan fingerprint density at radius 2 is 1.80 bits per heavy atom. The lowest BCUT2D eigenvalue weighted by atomic mass is 10.0. The highest BCUT2D eigenvalue weighted by atomic mass is 79.9. The summed E-state index contributed by atoms with van der Waals surface area (Å²) in [6, 6.07) is 5.41. The number of alkyl halides is 3. The monoisotopic (exact) mass is 280 g/mol. The maximum atomic E-state index is 12.3. The minimum absolute atomic E-state index is 0.159. The topological polar surface area (TPSA) is 40.5 Å². The van der Waals surface area contributed by atoms with Gasteiger partial charge < -0.3 is 10.2 Å². The molecule has 0 amide bonds. The molecule has 0 aliphatic carbocycles. The highest BCUT2D eigenvalue weighted by Gasteiger charge is 2.18. The molecule has 0 aromatic heterocycles. The van der Waals surface area contributed by atoms with Crippen LogP contribution in [0, 0.1) is 0 Å². The lowest BCUT2D eigenvalue weighted by Crippen LogP contribution is -2.19. The highest BCUT2D eigenvalue weighted by Crippen LogP contribution is 2.24. The Morgan fingerprint density at radius 3 is 2.33 bits per heavy atom. The predicted molar refractivity (Wildman–Crippen MR) is 56.2 cm³/mol. The van der Waals surface area contributed by atoms with Crippen LogP contribution in [0.2, 0.25) is 0 Å². The van der Waals surface area contributed by atoms with Crippen LogP contribution in [0.25, 0.3) is 0 Å². The molecular weight excluding hydrogens is 270 g/mol. The van der Waals surface area contributed by atoms with Gasteiger partial charge in [-0.2, -0.15) is 0 Å². The molecule has 2 unspecified atom stereocenters. The van der Waals surface area contributed by atoms with Gasteiger partial charge in [0.05, 0.1) is 6.10 Å². The smallest absolute Gasteiger partial charge is 0.263 e. The van der Waals surface area contributed by atoms with E-state index < -0.39 is 18.6 Å². The number of halogens is 3. The molecule has 1 rings (SSSR count). The van der Waals surface area contributed by atoms with Crippen LogP contribution in [-0.4, -0.2) is 21.6 Å². The zero-order chi connectivity index (χ0) is 11.4. The molecule has 2 N–H and O–H groups in total. The molecule has 2 nitrogen and oxygen atoms in total. The molecule has 15 heavy (non-hydrogen) atoms. The summed E-state index contributed by atoms with van der Waals surface area (Å²) >= 11 is 3.00. The minimum Gasteiger partial charge on any atom is -0.389 e. The summed E-state index contributed by atoms with van der Waals surface area (Å²) in [4.78, 5) is 0. The third-order valence-corrected chi connectivity index (χ3v) is 2.69. The van der Waals surface area contributed by atoms with E-state index in [9.17, 15) is 19.0 Å². The van der Waals surface area contributed by atoms with Crippen LogP contribution in [0.1, 0.15) is 23.7 Å². The molecule has 0 saturated carbocycles. The average Bonchev–Trinajstić information content (AvgIpc) is 2.27. The summed E-state index contributed by atoms with van der Waals surface area (Å²) in [6.07, 6.45) is -4.72. The normalized spacial score (nSPS) is 15.3. The van der Waals surface area contributed by atoms with Gasteiger partial charge in [-0.3, -0.25) is 0 Å². The number of rotatable bonds is 4. The van der Waals surface area contributed by atoms with E-state index in [-0.39, 0.29) is 10.9 Å². The average molecular weight is 281 g/mol. The Labute approximate surface area is 94.7 Å². The molecule has 0 heterocycles. The van der Waals surface area contributed by atoms with Gasteiger partial charge >= 0.3 is 0 Å². The molecule has 84 valence electrons. The Balaban J connectivity index is 2.90. The second kappa shape index (κ2) is 5.53. The van der Waals surface area contributed by atoms with Gasteiger partial charge in [-0.15, -0.1) is 0 Å². The zero-order valence-electron chi connectivity index (χ0n) is 7.78. The SMILES string of the molecule is OC(CBr)C(O)c1cccc(C(F)F)c1. The van der Waals surface area contributed by atoms with Gasteiger partial charge in [-0.05, 0) is 11.6 Å². The van der Waals surface area contributed by atoms with E-state index in [1.165, 1.54) is 24.3 Å². The van der Waals surface area contributed by atoms with Gasteiger partial charge in [0.2, 0.25) is 0 Å². The molecule has 0 aliphatic rings.